The molecule has 0 aromatic heterocycles. The van der Waals surface area contributed by atoms with Gasteiger partial charge in [0.1, 0.15) is 30.5 Å². The van der Waals surface area contributed by atoms with Crippen LogP contribution >= 0.6 is 0 Å². The zero-order valence-electron chi connectivity index (χ0n) is 35.6. The minimum Gasteiger partial charge on any atom is -0.457 e. The largest absolute Gasteiger partial charge is 0.457 e. The highest BCUT2D eigenvalue weighted by Crippen LogP contribution is 2.26. The van der Waals surface area contributed by atoms with Crippen LogP contribution in [0.4, 0.5) is 0 Å². The summed E-state index contributed by atoms with van der Waals surface area (Å²) in [4.78, 5) is 12.8. The standard InChI is InChI=1S/C45H78O12S/c1-3-5-7-9-11-13-15-17-18-19-20-21-22-23-24-26-28-30-32-34-41(47)55-39(37-53-35-33-31-29-27-25-16-14-12-10-8-6-4-2)38-54-45-43(49)44(57-58(50,51)52)42(48)40(36-46)56-45/h5,7,10-13,17-18,20-21,39-40,42-46,48-49H,3-4,6,8-9,14-16,19,22-38H2,1-2H3,(H,50,51,52)/b7-5-,12-10-,13-11-,18-17-,21-20-. The van der Waals surface area contributed by atoms with Gasteiger partial charge in [-0.15, -0.1) is 0 Å². The quantitative estimate of drug-likeness (QED) is 0.0202. The molecule has 0 spiro atoms. The Morgan fingerprint density at radius 1 is 0.672 bits per heavy atom. The molecule has 4 N–H and O–H groups in total. The van der Waals surface area contributed by atoms with Gasteiger partial charge >= 0.3 is 16.4 Å². The van der Waals surface area contributed by atoms with Crippen molar-refractivity contribution in [3.8, 4) is 0 Å². The van der Waals surface area contributed by atoms with Gasteiger partial charge in [0, 0.05) is 13.0 Å². The second-order valence-electron chi connectivity index (χ2n) is 14.9. The van der Waals surface area contributed by atoms with Crippen LogP contribution in [0.3, 0.4) is 0 Å². The maximum Gasteiger partial charge on any atom is 0.397 e. The first-order chi connectivity index (χ1) is 28.1. The van der Waals surface area contributed by atoms with E-state index in [4.69, 9.17) is 23.5 Å². The molecule has 0 aromatic rings. The molecular weight excluding hydrogens is 765 g/mol. The molecule has 6 atom stereocenters. The molecule has 1 heterocycles. The minimum absolute atomic E-state index is 0.0230. The van der Waals surface area contributed by atoms with Gasteiger partial charge in [-0.25, -0.2) is 4.18 Å². The minimum atomic E-state index is -5.06. The summed E-state index contributed by atoms with van der Waals surface area (Å²) in [5, 5.41) is 30.6. The smallest absolute Gasteiger partial charge is 0.397 e. The Morgan fingerprint density at radius 2 is 1.19 bits per heavy atom. The third-order valence-corrected chi connectivity index (χ3v) is 10.1. The number of unbranched alkanes of at least 4 members (excludes halogenated alkanes) is 14. The van der Waals surface area contributed by atoms with Gasteiger partial charge < -0.3 is 34.3 Å². The van der Waals surface area contributed by atoms with Gasteiger partial charge in [-0.3, -0.25) is 9.35 Å². The molecule has 1 fully saturated rings. The topological polar surface area (TPSA) is 178 Å². The molecule has 1 aliphatic rings. The van der Waals surface area contributed by atoms with Crippen LogP contribution in [-0.2, 0) is 38.3 Å². The molecule has 0 amide bonds. The highest BCUT2D eigenvalue weighted by molar-refractivity contribution is 7.80. The van der Waals surface area contributed by atoms with Crippen molar-refractivity contribution >= 4 is 16.4 Å². The lowest BCUT2D eigenvalue weighted by Crippen LogP contribution is -2.60. The first kappa shape index (κ1) is 53.8. The van der Waals surface area contributed by atoms with E-state index >= 15 is 0 Å². The van der Waals surface area contributed by atoms with Crippen molar-refractivity contribution in [2.45, 2.75) is 192 Å². The molecule has 1 rings (SSSR count). The lowest BCUT2D eigenvalue weighted by Gasteiger charge is -2.41. The lowest BCUT2D eigenvalue weighted by molar-refractivity contribution is -0.301. The van der Waals surface area contributed by atoms with E-state index in [1.807, 2.05) is 0 Å². The Bertz CT molecular complexity index is 1250. The predicted octanol–water partition coefficient (Wildman–Crippen LogP) is 8.96. The van der Waals surface area contributed by atoms with Crippen LogP contribution in [0.25, 0.3) is 0 Å². The number of hydrogen-bond donors (Lipinski definition) is 4. The summed E-state index contributed by atoms with van der Waals surface area (Å²) in [6, 6.07) is 0. The highest BCUT2D eigenvalue weighted by atomic mass is 32.3. The van der Waals surface area contributed by atoms with Gasteiger partial charge in [-0.2, -0.15) is 8.42 Å². The average molecular weight is 843 g/mol. The van der Waals surface area contributed by atoms with Gasteiger partial charge in [0.2, 0.25) is 0 Å². The second kappa shape index (κ2) is 36.6. The van der Waals surface area contributed by atoms with Gasteiger partial charge in [0.25, 0.3) is 0 Å². The molecule has 58 heavy (non-hydrogen) atoms. The number of rotatable bonds is 37. The van der Waals surface area contributed by atoms with Crippen molar-refractivity contribution in [1.82, 2.24) is 0 Å². The van der Waals surface area contributed by atoms with E-state index < -0.39 is 59.8 Å². The van der Waals surface area contributed by atoms with Crippen molar-refractivity contribution in [3.63, 3.8) is 0 Å². The molecule has 0 aliphatic carbocycles. The van der Waals surface area contributed by atoms with Gasteiger partial charge in [-0.1, -0.05) is 139 Å². The molecule has 1 aliphatic heterocycles. The molecule has 0 radical (unpaired) electrons. The summed E-state index contributed by atoms with van der Waals surface area (Å²) in [5.41, 5.74) is 0. The number of carbonyl (C=O) groups is 1. The third kappa shape index (κ3) is 29.9. The van der Waals surface area contributed by atoms with Gasteiger partial charge in [-0.05, 0) is 70.6 Å². The van der Waals surface area contributed by atoms with Crippen molar-refractivity contribution in [2.75, 3.05) is 26.4 Å². The molecule has 13 heteroatoms. The van der Waals surface area contributed by atoms with Crippen LogP contribution < -0.4 is 0 Å². The summed E-state index contributed by atoms with van der Waals surface area (Å²) in [6.07, 6.45) is 35.4. The van der Waals surface area contributed by atoms with Crippen molar-refractivity contribution < 1.29 is 56.2 Å². The first-order valence-corrected chi connectivity index (χ1v) is 23.4. The lowest BCUT2D eigenvalue weighted by atomic mass is 9.99. The summed E-state index contributed by atoms with van der Waals surface area (Å²) in [5.74, 6) is -0.418. The van der Waals surface area contributed by atoms with Gasteiger partial charge in [0.05, 0.1) is 19.8 Å². The molecular formula is C45H78O12S. The number of aliphatic hydroxyl groups is 3. The van der Waals surface area contributed by atoms with E-state index in [0.29, 0.717) is 13.0 Å². The highest BCUT2D eigenvalue weighted by Gasteiger charge is 2.48. The number of aliphatic hydroxyl groups excluding tert-OH is 3. The molecule has 1 saturated heterocycles. The SMILES string of the molecule is CC/C=C\C/C=C\C/C=C\C/C=C\CCCCCCCCC(=O)OC(COCCCCCCCC/C=C\CCCC)COC1OC(CO)C(O)C(OS(=O)(=O)O)C1O. The molecule has 336 valence electrons. The molecule has 12 nitrogen and oxygen atoms in total. The van der Waals surface area contributed by atoms with Crippen LogP contribution in [0, 0.1) is 0 Å². The van der Waals surface area contributed by atoms with Crippen LogP contribution in [-0.4, -0.2) is 97.5 Å². The van der Waals surface area contributed by atoms with E-state index in [-0.39, 0.29) is 19.6 Å². The normalized spacial score (nSPS) is 21.1. The number of allylic oxidation sites excluding steroid dienone is 10. The summed E-state index contributed by atoms with van der Waals surface area (Å²) in [7, 11) is -5.06. The summed E-state index contributed by atoms with van der Waals surface area (Å²) < 4.78 is 59.0. The molecule has 0 saturated carbocycles. The monoisotopic (exact) mass is 843 g/mol. The van der Waals surface area contributed by atoms with E-state index in [0.717, 1.165) is 96.3 Å². The van der Waals surface area contributed by atoms with Crippen LogP contribution in [0.15, 0.2) is 60.8 Å². The van der Waals surface area contributed by atoms with E-state index in [1.165, 1.54) is 32.1 Å². The van der Waals surface area contributed by atoms with Crippen LogP contribution in [0.5, 0.6) is 0 Å². The summed E-state index contributed by atoms with van der Waals surface area (Å²) in [6.45, 7) is 3.79. The zero-order chi connectivity index (χ0) is 42.5. The van der Waals surface area contributed by atoms with E-state index in [1.54, 1.807) is 0 Å². The summed E-state index contributed by atoms with van der Waals surface area (Å²) >= 11 is 0. The Balaban J connectivity index is 2.45. The fourth-order valence-electron chi connectivity index (χ4n) is 6.29. The van der Waals surface area contributed by atoms with E-state index in [2.05, 4.69) is 78.8 Å². The van der Waals surface area contributed by atoms with Gasteiger partial charge in [0.15, 0.2) is 6.29 Å². The fraction of sp³-hybridized carbons (Fsp3) is 0.756. The predicted molar refractivity (Wildman–Crippen MR) is 229 cm³/mol. The number of ether oxygens (including phenoxy) is 4. The third-order valence-electron chi connectivity index (χ3n) is 9.62. The van der Waals surface area contributed by atoms with Crippen molar-refractivity contribution in [3.05, 3.63) is 60.8 Å². The molecule has 6 unspecified atom stereocenters. The van der Waals surface area contributed by atoms with Crippen LogP contribution in [0.1, 0.15) is 155 Å². The zero-order valence-corrected chi connectivity index (χ0v) is 36.4. The van der Waals surface area contributed by atoms with Crippen LogP contribution in [0.2, 0.25) is 0 Å². The van der Waals surface area contributed by atoms with Crippen molar-refractivity contribution in [1.29, 1.82) is 0 Å². The Labute approximate surface area is 350 Å². The number of esters is 1. The first-order valence-electron chi connectivity index (χ1n) is 22.0. The molecule has 0 aromatic carbocycles. The maximum absolute atomic E-state index is 12.8. The second-order valence-corrected chi connectivity index (χ2v) is 15.9. The van der Waals surface area contributed by atoms with E-state index in [9.17, 15) is 28.5 Å². The number of carbonyl (C=O) groups excluding carboxylic acids is 1. The average Bonchev–Trinajstić information content (AvgIpc) is 3.19. The maximum atomic E-state index is 12.8. The Kier molecular flexibility index (Phi) is 34.0. The fourth-order valence-corrected chi connectivity index (χ4v) is 6.80. The van der Waals surface area contributed by atoms with Crippen molar-refractivity contribution in [2.24, 2.45) is 0 Å². The Hall–Kier alpha value is -2.20. The Morgan fingerprint density at radius 3 is 1.76 bits per heavy atom. The number of hydrogen-bond acceptors (Lipinski definition) is 11. The molecule has 0 bridgehead atoms.